The molecule has 0 unspecified atom stereocenters. The first-order chi connectivity index (χ1) is 9.13. The van der Waals surface area contributed by atoms with E-state index in [2.05, 4.69) is 0 Å². The maximum Gasteiger partial charge on any atom is 0.153 e. The van der Waals surface area contributed by atoms with Crippen LogP contribution in [0.15, 0.2) is 12.1 Å². The first-order valence-corrected chi connectivity index (χ1v) is 6.64. The number of halogens is 2. The van der Waals surface area contributed by atoms with Crippen LogP contribution in [0.2, 0.25) is 0 Å². The van der Waals surface area contributed by atoms with E-state index >= 15 is 0 Å². The van der Waals surface area contributed by atoms with Crippen LogP contribution < -0.4 is 9.64 Å². The number of nitrogens with zero attached hydrogens (tertiary/aromatic N) is 1. The highest BCUT2D eigenvalue weighted by Gasteiger charge is 2.47. The Morgan fingerprint density at radius 2 is 1.84 bits per heavy atom. The summed E-state index contributed by atoms with van der Waals surface area (Å²) in [6.07, 6.45) is 1.66. The summed E-state index contributed by atoms with van der Waals surface area (Å²) in [6, 6.07) is 2.50. The molecule has 0 aliphatic carbocycles. The SMILES string of the molecule is CCOc1cc(F)c(N2CCC3(CC2)CO3)c(F)c1. The molecular formula is C14H17F2NO2. The minimum absolute atomic E-state index is 0.00865. The first-order valence-electron chi connectivity index (χ1n) is 6.64. The zero-order valence-electron chi connectivity index (χ0n) is 10.9. The van der Waals surface area contributed by atoms with Crippen molar-refractivity contribution in [2.45, 2.75) is 25.4 Å². The molecule has 2 aliphatic rings. The Labute approximate surface area is 111 Å². The number of piperidine rings is 1. The van der Waals surface area contributed by atoms with Crippen molar-refractivity contribution in [2.75, 3.05) is 31.2 Å². The monoisotopic (exact) mass is 269 g/mol. The molecule has 1 aromatic rings. The predicted octanol–water partition coefficient (Wildman–Crippen LogP) is 2.73. The van der Waals surface area contributed by atoms with Crippen LogP contribution >= 0.6 is 0 Å². The van der Waals surface area contributed by atoms with E-state index in [4.69, 9.17) is 9.47 Å². The van der Waals surface area contributed by atoms with Crippen molar-refractivity contribution in [1.82, 2.24) is 0 Å². The Morgan fingerprint density at radius 3 is 2.32 bits per heavy atom. The number of hydrogen-bond acceptors (Lipinski definition) is 3. The van der Waals surface area contributed by atoms with Crippen LogP contribution in [0.5, 0.6) is 5.75 Å². The van der Waals surface area contributed by atoms with Gasteiger partial charge < -0.3 is 14.4 Å². The Kier molecular flexibility index (Phi) is 3.09. The largest absolute Gasteiger partial charge is 0.494 e. The van der Waals surface area contributed by atoms with Crippen molar-refractivity contribution in [3.8, 4) is 5.75 Å². The van der Waals surface area contributed by atoms with Gasteiger partial charge in [0.05, 0.1) is 18.8 Å². The standard InChI is InChI=1S/C14H17F2NO2/c1-2-18-10-7-11(15)13(12(16)8-10)17-5-3-14(4-6-17)9-19-14/h7-8H,2-6,9H2,1H3. The highest BCUT2D eigenvalue weighted by Crippen LogP contribution is 2.40. The van der Waals surface area contributed by atoms with E-state index in [-0.39, 0.29) is 17.0 Å². The lowest BCUT2D eigenvalue weighted by molar-refractivity contribution is 0.257. The third-order valence-corrected chi connectivity index (χ3v) is 3.84. The van der Waals surface area contributed by atoms with Gasteiger partial charge in [-0.15, -0.1) is 0 Å². The Balaban J connectivity index is 1.80. The molecule has 104 valence electrons. The van der Waals surface area contributed by atoms with Crippen molar-refractivity contribution < 1.29 is 18.3 Å². The zero-order chi connectivity index (χ0) is 13.5. The van der Waals surface area contributed by atoms with Crippen LogP contribution in [-0.4, -0.2) is 31.9 Å². The number of benzene rings is 1. The molecule has 2 heterocycles. The summed E-state index contributed by atoms with van der Waals surface area (Å²) in [4.78, 5) is 1.76. The third-order valence-electron chi connectivity index (χ3n) is 3.84. The minimum Gasteiger partial charge on any atom is -0.494 e. The van der Waals surface area contributed by atoms with E-state index < -0.39 is 11.6 Å². The number of anilines is 1. The molecule has 1 aromatic carbocycles. The van der Waals surface area contributed by atoms with Crippen molar-refractivity contribution in [1.29, 1.82) is 0 Å². The van der Waals surface area contributed by atoms with E-state index in [9.17, 15) is 8.78 Å². The van der Waals surface area contributed by atoms with Crippen LogP contribution in [0.4, 0.5) is 14.5 Å². The van der Waals surface area contributed by atoms with E-state index in [1.165, 1.54) is 12.1 Å². The average molecular weight is 269 g/mol. The Morgan fingerprint density at radius 1 is 1.26 bits per heavy atom. The van der Waals surface area contributed by atoms with Gasteiger partial charge in [0.1, 0.15) is 11.4 Å². The quantitative estimate of drug-likeness (QED) is 0.789. The summed E-state index contributed by atoms with van der Waals surface area (Å²) in [6.45, 7) is 4.21. The van der Waals surface area contributed by atoms with Crippen molar-refractivity contribution in [3.63, 3.8) is 0 Å². The second-order valence-electron chi connectivity index (χ2n) is 5.13. The van der Waals surface area contributed by atoms with Crippen molar-refractivity contribution >= 4 is 5.69 Å². The van der Waals surface area contributed by atoms with Gasteiger partial charge in [0.2, 0.25) is 0 Å². The van der Waals surface area contributed by atoms with Gasteiger partial charge in [-0.05, 0) is 19.8 Å². The van der Waals surface area contributed by atoms with E-state index in [0.717, 1.165) is 19.4 Å². The van der Waals surface area contributed by atoms with Gasteiger partial charge in [-0.1, -0.05) is 0 Å². The van der Waals surface area contributed by atoms with Crippen LogP contribution in [0.1, 0.15) is 19.8 Å². The molecule has 1 spiro atoms. The molecular weight excluding hydrogens is 252 g/mol. The molecule has 19 heavy (non-hydrogen) atoms. The Bertz CT molecular complexity index is 455. The minimum atomic E-state index is -0.559. The summed E-state index contributed by atoms with van der Waals surface area (Å²) in [5.41, 5.74) is 0.0632. The molecule has 0 radical (unpaired) electrons. The van der Waals surface area contributed by atoms with Crippen LogP contribution in [0, 0.1) is 11.6 Å². The second kappa shape index (κ2) is 4.63. The van der Waals surface area contributed by atoms with Gasteiger partial charge in [0.25, 0.3) is 0 Å². The van der Waals surface area contributed by atoms with Gasteiger partial charge in [-0.3, -0.25) is 0 Å². The maximum absolute atomic E-state index is 14.0. The van der Waals surface area contributed by atoms with Gasteiger partial charge in [0, 0.05) is 25.2 Å². The molecule has 3 rings (SSSR count). The molecule has 0 atom stereocenters. The fourth-order valence-electron chi connectivity index (χ4n) is 2.62. The van der Waals surface area contributed by atoms with E-state index in [1.54, 1.807) is 11.8 Å². The molecule has 0 aromatic heterocycles. The topological polar surface area (TPSA) is 25.0 Å². The smallest absolute Gasteiger partial charge is 0.153 e. The first kappa shape index (κ1) is 12.7. The summed E-state index contributed by atoms with van der Waals surface area (Å²) in [5.74, 6) is -0.882. The van der Waals surface area contributed by atoms with Crippen LogP contribution in [0.25, 0.3) is 0 Å². The molecule has 0 saturated carbocycles. The maximum atomic E-state index is 14.0. The zero-order valence-corrected chi connectivity index (χ0v) is 10.9. The van der Waals surface area contributed by atoms with Crippen LogP contribution in [-0.2, 0) is 4.74 Å². The summed E-state index contributed by atoms with van der Waals surface area (Å²) in [7, 11) is 0. The molecule has 2 saturated heterocycles. The van der Waals surface area contributed by atoms with Crippen molar-refractivity contribution in [2.24, 2.45) is 0 Å². The van der Waals surface area contributed by atoms with Crippen molar-refractivity contribution in [3.05, 3.63) is 23.8 Å². The fraction of sp³-hybridized carbons (Fsp3) is 0.571. The lowest BCUT2D eigenvalue weighted by Gasteiger charge is -2.32. The lowest BCUT2D eigenvalue weighted by atomic mass is 9.97. The van der Waals surface area contributed by atoms with Crippen LogP contribution in [0.3, 0.4) is 0 Å². The molecule has 2 fully saturated rings. The summed E-state index contributed by atoms with van der Waals surface area (Å²) in [5, 5.41) is 0. The lowest BCUT2D eigenvalue weighted by Crippen LogP contribution is -2.38. The molecule has 0 amide bonds. The number of epoxide rings is 1. The number of hydrogen-bond donors (Lipinski definition) is 0. The van der Waals surface area contributed by atoms with E-state index in [1.807, 2.05) is 0 Å². The molecule has 0 N–H and O–H groups in total. The highest BCUT2D eigenvalue weighted by molar-refractivity contribution is 5.52. The highest BCUT2D eigenvalue weighted by atomic mass is 19.1. The molecule has 3 nitrogen and oxygen atoms in total. The average Bonchev–Trinajstić information content (AvgIpc) is 3.11. The molecule has 0 bridgehead atoms. The predicted molar refractivity (Wildman–Crippen MR) is 67.7 cm³/mol. The second-order valence-corrected chi connectivity index (χ2v) is 5.13. The number of ether oxygens (including phenoxy) is 2. The third kappa shape index (κ3) is 2.39. The summed E-state index contributed by atoms with van der Waals surface area (Å²) >= 11 is 0. The van der Waals surface area contributed by atoms with Gasteiger partial charge in [-0.25, -0.2) is 8.78 Å². The van der Waals surface area contributed by atoms with Gasteiger partial charge in [0.15, 0.2) is 11.6 Å². The number of rotatable bonds is 3. The molecule has 5 heteroatoms. The van der Waals surface area contributed by atoms with E-state index in [0.29, 0.717) is 19.7 Å². The Hall–Kier alpha value is -1.36. The fourth-order valence-corrected chi connectivity index (χ4v) is 2.62. The van der Waals surface area contributed by atoms with Gasteiger partial charge in [-0.2, -0.15) is 0 Å². The molecule has 2 aliphatic heterocycles. The summed E-state index contributed by atoms with van der Waals surface area (Å²) < 4.78 is 38.6. The normalized spacial score (nSPS) is 20.7. The van der Waals surface area contributed by atoms with Gasteiger partial charge >= 0.3 is 0 Å².